The van der Waals surface area contributed by atoms with Crippen molar-refractivity contribution in [2.75, 3.05) is 13.1 Å². The topological polar surface area (TPSA) is 72.1 Å². The molecule has 2 heterocycles. The van der Waals surface area contributed by atoms with Crippen LogP contribution < -0.4 is 5.73 Å². The average molecular weight is 376 g/mol. The Morgan fingerprint density at radius 2 is 1.75 bits per heavy atom. The minimum Gasteiger partial charge on any atom is -0.337 e. The molecule has 142 valence electrons. The van der Waals surface area contributed by atoms with E-state index in [0.29, 0.717) is 24.3 Å². The Bertz CT molecular complexity index is 968. The average Bonchev–Trinajstić information content (AvgIpc) is 2.74. The van der Waals surface area contributed by atoms with Crippen molar-refractivity contribution in [1.29, 1.82) is 0 Å². The number of nitrogens with zero attached hydrogens (tertiary/aromatic N) is 3. The minimum absolute atomic E-state index is 0.152. The molecular formula is C22H21FN4O. The molecule has 0 saturated carbocycles. The highest BCUT2D eigenvalue weighted by molar-refractivity contribution is 5.92. The molecule has 1 aliphatic heterocycles. The van der Waals surface area contributed by atoms with Gasteiger partial charge in [0.05, 0.1) is 18.1 Å². The van der Waals surface area contributed by atoms with Crippen LogP contribution in [0.3, 0.4) is 0 Å². The Balaban J connectivity index is 1.53. The molecule has 3 aromatic rings. The number of amides is 1. The molecule has 2 N–H and O–H groups in total. The summed E-state index contributed by atoms with van der Waals surface area (Å²) in [6.45, 7) is 1.25. The van der Waals surface area contributed by atoms with Gasteiger partial charge in [0.25, 0.3) is 5.91 Å². The summed E-state index contributed by atoms with van der Waals surface area (Å²) >= 11 is 0. The minimum atomic E-state index is -0.375. The van der Waals surface area contributed by atoms with E-state index < -0.39 is 0 Å². The molecule has 0 unspecified atom stereocenters. The molecule has 4 rings (SSSR count). The predicted molar refractivity (Wildman–Crippen MR) is 106 cm³/mol. The second-order valence-electron chi connectivity index (χ2n) is 6.98. The van der Waals surface area contributed by atoms with Crippen molar-refractivity contribution in [2.24, 2.45) is 5.73 Å². The zero-order chi connectivity index (χ0) is 19.5. The monoisotopic (exact) mass is 376 g/mol. The Morgan fingerprint density at radius 1 is 1.00 bits per heavy atom. The van der Waals surface area contributed by atoms with Gasteiger partial charge in [-0.15, -0.1) is 0 Å². The molecule has 0 bridgehead atoms. The highest BCUT2D eigenvalue weighted by Crippen LogP contribution is 2.26. The summed E-state index contributed by atoms with van der Waals surface area (Å²) in [6, 6.07) is 14.8. The van der Waals surface area contributed by atoms with Gasteiger partial charge in [0.1, 0.15) is 11.5 Å². The van der Waals surface area contributed by atoms with Gasteiger partial charge in [0.2, 0.25) is 0 Å². The van der Waals surface area contributed by atoms with E-state index in [1.807, 2.05) is 36.4 Å². The third-order valence-electron chi connectivity index (χ3n) is 5.05. The van der Waals surface area contributed by atoms with E-state index in [1.54, 1.807) is 11.0 Å². The first kappa shape index (κ1) is 18.3. The van der Waals surface area contributed by atoms with Crippen LogP contribution in [0, 0.1) is 5.82 Å². The maximum absolute atomic E-state index is 14.7. The smallest absolute Gasteiger partial charge is 0.274 e. The standard InChI is InChI=1S/C22H21FN4O/c23-19-12-16(15-4-2-1-3-5-15)6-7-18(19)20-13-26-21(14-25-20)22(28)27-10-8-17(24)9-11-27/h1-7,12-14,17H,8-11,24H2. The van der Waals surface area contributed by atoms with Gasteiger partial charge in [-0.2, -0.15) is 0 Å². The van der Waals surface area contributed by atoms with Crippen LogP contribution in [0.2, 0.25) is 0 Å². The SMILES string of the molecule is NC1CCN(C(=O)c2cnc(-c3ccc(-c4ccccc4)cc3F)cn2)CC1. The van der Waals surface area contributed by atoms with Crippen LogP contribution >= 0.6 is 0 Å². The molecule has 0 atom stereocenters. The van der Waals surface area contributed by atoms with Gasteiger partial charge in [0, 0.05) is 24.7 Å². The second kappa shape index (κ2) is 7.86. The predicted octanol–water partition coefficient (Wildman–Crippen LogP) is 3.51. The zero-order valence-corrected chi connectivity index (χ0v) is 15.4. The van der Waals surface area contributed by atoms with E-state index in [-0.39, 0.29) is 23.5 Å². The number of likely N-dealkylation sites (tertiary alicyclic amines) is 1. The Labute approximate surface area is 163 Å². The fourth-order valence-electron chi connectivity index (χ4n) is 3.38. The third kappa shape index (κ3) is 3.77. The summed E-state index contributed by atoms with van der Waals surface area (Å²) in [5.41, 5.74) is 8.64. The highest BCUT2D eigenvalue weighted by atomic mass is 19.1. The summed E-state index contributed by atoms with van der Waals surface area (Å²) in [7, 11) is 0. The van der Waals surface area contributed by atoms with E-state index in [2.05, 4.69) is 9.97 Å². The molecule has 6 heteroatoms. The van der Waals surface area contributed by atoms with Crippen LogP contribution in [0.25, 0.3) is 22.4 Å². The fraction of sp³-hybridized carbons (Fsp3) is 0.227. The van der Waals surface area contributed by atoms with Gasteiger partial charge in [-0.3, -0.25) is 9.78 Å². The van der Waals surface area contributed by atoms with Crippen molar-refractivity contribution in [2.45, 2.75) is 18.9 Å². The van der Waals surface area contributed by atoms with Crippen LogP contribution in [0.5, 0.6) is 0 Å². The van der Waals surface area contributed by atoms with Gasteiger partial charge in [-0.05, 0) is 36.1 Å². The molecule has 0 radical (unpaired) electrons. The number of aromatic nitrogens is 2. The lowest BCUT2D eigenvalue weighted by molar-refractivity contribution is 0.0708. The van der Waals surface area contributed by atoms with Gasteiger partial charge < -0.3 is 10.6 Å². The number of hydrogen-bond acceptors (Lipinski definition) is 4. The summed E-state index contributed by atoms with van der Waals surface area (Å²) in [6.07, 6.45) is 4.44. The maximum atomic E-state index is 14.7. The Kier molecular flexibility index (Phi) is 5.12. The molecule has 0 aliphatic carbocycles. The van der Waals surface area contributed by atoms with Crippen molar-refractivity contribution in [3.8, 4) is 22.4 Å². The van der Waals surface area contributed by atoms with E-state index >= 15 is 0 Å². The summed E-state index contributed by atoms with van der Waals surface area (Å²) in [5.74, 6) is -0.536. The first-order valence-corrected chi connectivity index (χ1v) is 9.34. The summed E-state index contributed by atoms with van der Waals surface area (Å²) in [4.78, 5) is 22.8. The number of benzene rings is 2. The first-order valence-electron chi connectivity index (χ1n) is 9.34. The zero-order valence-electron chi connectivity index (χ0n) is 15.4. The third-order valence-corrected chi connectivity index (χ3v) is 5.05. The van der Waals surface area contributed by atoms with E-state index in [1.165, 1.54) is 18.5 Å². The van der Waals surface area contributed by atoms with Gasteiger partial charge in [-0.25, -0.2) is 9.37 Å². The molecule has 1 fully saturated rings. The molecule has 1 amide bonds. The normalized spacial score (nSPS) is 14.9. The summed E-state index contributed by atoms with van der Waals surface area (Å²) < 4.78 is 14.7. The van der Waals surface area contributed by atoms with E-state index in [9.17, 15) is 9.18 Å². The lowest BCUT2D eigenvalue weighted by Crippen LogP contribution is -2.43. The second-order valence-corrected chi connectivity index (χ2v) is 6.98. The Hall–Kier alpha value is -3.12. The van der Waals surface area contributed by atoms with Gasteiger partial charge in [0.15, 0.2) is 0 Å². The van der Waals surface area contributed by atoms with E-state index in [0.717, 1.165) is 24.0 Å². The van der Waals surface area contributed by atoms with Crippen molar-refractivity contribution >= 4 is 5.91 Å². The van der Waals surface area contributed by atoms with Crippen LogP contribution in [0.15, 0.2) is 60.9 Å². The van der Waals surface area contributed by atoms with Gasteiger partial charge in [-0.1, -0.05) is 36.4 Å². The van der Waals surface area contributed by atoms with Crippen molar-refractivity contribution < 1.29 is 9.18 Å². The van der Waals surface area contributed by atoms with Crippen molar-refractivity contribution in [3.05, 3.63) is 72.4 Å². The Morgan fingerprint density at radius 3 is 2.39 bits per heavy atom. The molecule has 0 spiro atoms. The van der Waals surface area contributed by atoms with Gasteiger partial charge >= 0.3 is 0 Å². The molecule has 5 nitrogen and oxygen atoms in total. The fourth-order valence-corrected chi connectivity index (χ4v) is 3.38. The molecule has 1 saturated heterocycles. The quantitative estimate of drug-likeness (QED) is 0.759. The molecular weight excluding hydrogens is 355 g/mol. The number of carbonyl (C=O) groups excluding carboxylic acids is 1. The molecule has 28 heavy (non-hydrogen) atoms. The lowest BCUT2D eigenvalue weighted by Gasteiger charge is -2.29. The summed E-state index contributed by atoms with van der Waals surface area (Å²) in [5, 5.41) is 0. The highest BCUT2D eigenvalue weighted by Gasteiger charge is 2.23. The largest absolute Gasteiger partial charge is 0.337 e. The number of piperidine rings is 1. The number of halogens is 1. The van der Waals surface area contributed by atoms with Crippen molar-refractivity contribution in [1.82, 2.24) is 14.9 Å². The lowest BCUT2D eigenvalue weighted by atomic mass is 10.0. The molecule has 1 aromatic heterocycles. The first-order chi connectivity index (χ1) is 13.6. The van der Waals surface area contributed by atoms with Crippen LogP contribution in [-0.4, -0.2) is 39.9 Å². The maximum Gasteiger partial charge on any atom is 0.274 e. The number of rotatable bonds is 3. The number of carbonyl (C=O) groups is 1. The molecule has 1 aliphatic rings. The number of nitrogens with two attached hydrogens (primary N) is 1. The van der Waals surface area contributed by atoms with Crippen LogP contribution in [0.1, 0.15) is 23.3 Å². The molecule has 2 aromatic carbocycles. The van der Waals surface area contributed by atoms with Crippen LogP contribution in [0.4, 0.5) is 4.39 Å². The van der Waals surface area contributed by atoms with Crippen molar-refractivity contribution in [3.63, 3.8) is 0 Å². The van der Waals surface area contributed by atoms with Crippen LogP contribution in [-0.2, 0) is 0 Å². The van der Waals surface area contributed by atoms with E-state index in [4.69, 9.17) is 5.73 Å². The number of hydrogen-bond donors (Lipinski definition) is 1.